The average Bonchev–Trinajstić information content (AvgIpc) is 2.26. The molecule has 1 aliphatic heterocycles. The van der Waals surface area contributed by atoms with Gasteiger partial charge in [0, 0.05) is 0 Å². The van der Waals surface area contributed by atoms with Gasteiger partial charge in [0.15, 0.2) is 0 Å². The van der Waals surface area contributed by atoms with E-state index in [-0.39, 0.29) is 13.0 Å². The fourth-order valence-corrected chi connectivity index (χ4v) is 2.19. The Kier molecular flexibility index (Phi) is 2.78. The number of benzene rings is 1. The normalized spacial score (nSPS) is 19.2. The topological polar surface area (TPSA) is 80.7 Å². The summed E-state index contributed by atoms with van der Waals surface area (Å²) in [5.74, 6) is -1.36. The molecule has 5 nitrogen and oxygen atoms in total. The second-order valence-electron chi connectivity index (χ2n) is 3.76. The molecule has 0 amide bonds. The molecule has 0 fully saturated rings. The van der Waals surface area contributed by atoms with Crippen molar-refractivity contribution >= 4 is 16.2 Å². The first-order chi connectivity index (χ1) is 7.88. The van der Waals surface area contributed by atoms with Crippen molar-refractivity contribution in [2.75, 3.05) is 6.61 Å². The van der Waals surface area contributed by atoms with E-state index in [1.54, 1.807) is 0 Å². The summed E-state index contributed by atoms with van der Waals surface area (Å²) >= 11 is 0. The molecule has 1 unspecified atom stereocenters. The highest BCUT2D eigenvalue weighted by Crippen LogP contribution is 2.30. The molecule has 1 N–H and O–H groups in total. The number of fused-ring (bicyclic) bond motifs is 1. The number of ether oxygens (including phenoxy) is 1. The number of rotatable bonds is 2. The Hall–Kier alpha value is -1.63. The van der Waals surface area contributed by atoms with Crippen LogP contribution in [0.4, 0.5) is 3.89 Å². The summed E-state index contributed by atoms with van der Waals surface area (Å²) in [6.07, 6.45) is 0.133. The second kappa shape index (κ2) is 3.99. The summed E-state index contributed by atoms with van der Waals surface area (Å²) in [5, 5.41) is 8.82. The van der Waals surface area contributed by atoms with Gasteiger partial charge in [-0.15, -0.1) is 3.89 Å². The molecule has 0 aromatic heterocycles. The number of hydrogen-bond acceptors (Lipinski definition) is 4. The number of aliphatic carboxylic acids is 1. The molecule has 0 saturated carbocycles. The molecule has 1 aliphatic rings. The number of carbonyl (C=O) groups is 1. The quantitative estimate of drug-likeness (QED) is 0.802. The zero-order valence-corrected chi connectivity index (χ0v) is 9.41. The maximum absolute atomic E-state index is 12.8. The van der Waals surface area contributed by atoms with Crippen molar-refractivity contribution in [2.24, 2.45) is 5.92 Å². The van der Waals surface area contributed by atoms with Gasteiger partial charge in [0.25, 0.3) is 0 Å². The van der Waals surface area contributed by atoms with Crippen molar-refractivity contribution in [3.63, 3.8) is 0 Å². The zero-order valence-electron chi connectivity index (χ0n) is 8.59. The summed E-state index contributed by atoms with van der Waals surface area (Å²) < 4.78 is 39.3. The summed E-state index contributed by atoms with van der Waals surface area (Å²) in [6.45, 7) is 0.0318. The van der Waals surface area contributed by atoms with E-state index in [9.17, 15) is 17.1 Å². The SMILES string of the molecule is O=C(O)C1COc2ccc(S(=O)(=O)F)cc2C1. The van der Waals surface area contributed by atoms with Crippen LogP contribution in [0.3, 0.4) is 0 Å². The van der Waals surface area contributed by atoms with E-state index in [2.05, 4.69) is 0 Å². The first-order valence-corrected chi connectivity index (χ1v) is 6.19. The fourth-order valence-electron chi connectivity index (χ4n) is 1.68. The van der Waals surface area contributed by atoms with E-state index in [4.69, 9.17) is 9.84 Å². The number of hydrogen-bond donors (Lipinski definition) is 1. The van der Waals surface area contributed by atoms with Gasteiger partial charge in [-0.2, -0.15) is 8.42 Å². The minimum Gasteiger partial charge on any atom is -0.492 e. The van der Waals surface area contributed by atoms with E-state index in [1.165, 1.54) is 6.07 Å². The highest BCUT2D eigenvalue weighted by molar-refractivity contribution is 7.86. The Bertz CT molecular complexity index is 566. The molecular formula is C10H9FO5S. The first-order valence-electron chi connectivity index (χ1n) is 4.81. The van der Waals surface area contributed by atoms with Crippen molar-refractivity contribution in [3.8, 4) is 5.75 Å². The van der Waals surface area contributed by atoms with Gasteiger partial charge >= 0.3 is 16.2 Å². The van der Waals surface area contributed by atoms with E-state index >= 15 is 0 Å². The van der Waals surface area contributed by atoms with E-state index in [0.29, 0.717) is 11.3 Å². The molecule has 0 aliphatic carbocycles. The van der Waals surface area contributed by atoms with E-state index < -0.39 is 27.0 Å². The van der Waals surface area contributed by atoms with Gasteiger partial charge in [-0.25, -0.2) is 0 Å². The van der Waals surface area contributed by atoms with Gasteiger partial charge in [-0.3, -0.25) is 4.79 Å². The summed E-state index contributed by atoms with van der Waals surface area (Å²) in [7, 11) is -4.78. The summed E-state index contributed by atoms with van der Waals surface area (Å²) in [6, 6.07) is 3.54. The molecule has 1 atom stereocenters. The van der Waals surface area contributed by atoms with Crippen molar-refractivity contribution in [1.29, 1.82) is 0 Å². The lowest BCUT2D eigenvalue weighted by atomic mass is 9.97. The predicted molar refractivity (Wildman–Crippen MR) is 55.1 cm³/mol. The molecule has 0 spiro atoms. The molecule has 2 rings (SSSR count). The summed E-state index contributed by atoms with van der Waals surface area (Å²) in [5.41, 5.74) is 0.391. The van der Waals surface area contributed by atoms with E-state index in [0.717, 1.165) is 12.1 Å². The van der Waals surface area contributed by atoms with Crippen molar-refractivity contribution in [2.45, 2.75) is 11.3 Å². The Morgan fingerprint density at radius 3 is 2.76 bits per heavy atom. The average molecular weight is 260 g/mol. The van der Waals surface area contributed by atoms with Crippen LogP contribution in [-0.2, 0) is 21.4 Å². The predicted octanol–water partition coefficient (Wildman–Crippen LogP) is 0.981. The van der Waals surface area contributed by atoms with Gasteiger partial charge in [0.05, 0.1) is 10.8 Å². The van der Waals surface area contributed by atoms with Crippen LogP contribution in [0.25, 0.3) is 0 Å². The third-order valence-corrected chi connectivity index (χ3v) is 3.39. The molecular weight excluding hydrogens is 251 g/mol. The number of carboxylic acids is 1. The lowest BCUT2D eigenvalue weighted by Crippen LogP contribution is -2.27. The van der Waals surface area contributed by atoms with Gasteiger partial charge in [0.1, 0.15) is 12.4 Å². The van der Waals surface area contributed by atoms with Crippen LogP contribution >= 0.6 is 0 Å². The lowest BCUT2D eigenvalue weighted by molar-refractivity contribution is -0.143. The maximum Gasteiger partial charge on any atom is 0.332 e. The largest absolute Gasteiger partial charge is 0.492 e. The minimum atomic E-state index is -4.78. The number of carboxylic acid groups (broad SMARTS) is 1. The Balaban J connectivity index is 2.39. The second-order valence-corrected chi connectivity index (χ2v) is 5.10. The molecule has 0 saturated heterocycles. The zero-order chi connectivity index (χ0) is 12.6. The maximum atomic E-state index is 12.8. The first kappa shape index (κ1) is 11.8. The Labute approximate surface area is 97.0 Å². The third-order valence-electron chi connectivity index (χ3n) is 2.57. The van der Waals surface area contributed by atoms with Gasteiger partial charge < -0.3 is 9.84 Å². The molecule has 0 bridgehead atoms. The Morgan fingerprint density at radius 1 is 1.47 bits per heavy atom. The van der Waals surface area contributed by atoms with Crippen LogP contribution in [-0.4, -0.2) is 26.1 Å². The molecule has 1 aromatic carbocycles. The highest BCUT2D eigenvalue weighted by atomic mass is 32.3. The molecule has 92 valence electrons. The lowest BCUT2D eigenvalue weighted by Gasteiger charge is -2.22. The smallest absolute Gasteiger partial charge is 0.332 e. The van der Waals surface area contributed by atoms with Crippen LogP contribution in [0.1, 0.15) is 5.56 Å². The summed E-state index contributed by atoms with van der Waals surface area (Å²) in [4.78, 5) is 10.3. The van der Waals surface area contributed by atoms with Crippen LogP contribution < -0.4 is 4.74 Å². The monoisotopic (exact) mass is 260 g/mol. The molecule has 7 heteroatoms. The highest BCUT2D eigenvalue weighted by Gasteiger charge is 2.27. The molecule has 0 radical (unpaired) electrons. The molecule has 1 aromatic rings. The molecule has 1 heterocycles. The van der Waals surface area contributed by atoms with Gasteiger partial charge in [-0.1, -0.05) is 0 Å². The fraction of sp³-hybridized carbons (Fsp3) is 0.300. The van der Waals surface area contributed by atoms with E-state index in [1.807, 2.05) is 0 Å². The minimum absolute atomic E-state index is 0.0318. The van der Waals surface area contributed by atoms with Crippen LogP contribution in [0, 0.1) is 5.92 Å². The van der Waals surface area contributed by atoms with Crippen molar-refractivity contribution in [1.82, 2.24) is 0 Å². The van der Waals surface area contributed by atoms with Gasteiger partial charge in [-0.05, 0) is 30.2 Å². The number of halogens is 1. The van der Waals surface area contributed by atoms with Gasteiger partial charge in [0.2, 0.25) is 0 Å². The van der Waals surface area contributed by atoms with Crippen molar-refractivity contribution < 1.29 is 26.9 Å². The van der Waals surface area contributed by atoms with Crippen molar-refractivity contribution in [3.05, 3.63) is 23.8 Å². The standard InChI is InChI=1S/C10H9FO5S/c11-17(14,15)8-1-2-9-6(4-8)3-7(5-16-9)10(12)13/h1-2,4,7H,3,5H2,(H,12,13). The third kappa shape index (κ3) is 2.38. The van der Waals surface area contributed by atoms with Crippen LogP contribution in [0.2, 0.25) is 0 Å². The van der Waals surface area contributed by atoms with Crippen LogP contribution in [0.5, 0.6) is 5.75 Å². The Morgan fingerprint density at radius 2 is 2.18 bits per heavy atom. The molecule has 17 heavy (non-hydrogen) atoms. The van der Waals surface area contributed by atoms with Crippen LogP contribution in [0.15, 0.2) is 23.1 Å².